The van der Waals surface area contributed by atoms with Gasteiger partial charge in [-0.15, -0.1) is 0 Å². The van der Waals surface area contributed by atoms with Gasteiger partial charge in [0.2, 0.25) is 0 Å². The Morgan fingerprint density at radius 3 is 2.35 bits per heavy atom. The van der Waals surface area contributed by atoms with E-state index in [4.69, 9.17) is 11.6 Å². The Morgan fingerprint density at radius 2 is 1.82 bits per heavy atom. The molecule has 0 aliphatic rings. The molecule has 0 radical (unpaired) electrons. The van der Waals surface area contributed by atoms with Gasteiger partial charge < -0.3 is 0 Å². The number of nitrogens with zero attached hydrogens (tertiary/aromatic N) is 2. The van der Waals surface area contributed by atoms with E-state index >= 15 is 0 Å². The smallest absolute Gasteiger partial charge is 0.111 e. The van der Waals surface area contributed by atoms with E-state index in [-0.39, 0.29) is 0 Å². The van der Waals surface area contributed by atoms with Gasteiger partial charge in [-0.2, -0.15) is 5.10 Å². The van der Waals surface area contributed by atoms with Crippen LogP contribution < -0.4 is 0 Å². The van der Waals surface area contributed by atoms with E-state index in [1.807, 2.05) is 31.6 Å². The summed E-state index contributed by atoms with van der Waals surface area (Å²) in [6.45, 7) is 10.4. The topological polar surface area (TPSA) is 17.8 Å². The standard InChI is InChI=1S/C12H15ClN2.C2H6/c1-7(2)12-9-5-8(3)6-10(13)11(9)14-15(12)4;1-2/h5-7H,1-4H3;1-2H3. The monoisotopic (exact) mass is 252 g/mol. The highest BCUT2D eigenvalue weighted by atomic mass is 35.5. The van der Waals surface area contributed by atoms with E-state index in [1.165, 1.54) is 16.6 Å². The van der Waals surface area contributed by atoms with Gasteiger partial charge in [-0.25, -0.2) is 0 Å². The van der Waals surface area contributed by atoms with Gasteiger partial charge in [0, 0.05) is 18.1 Å². The van der Waals surface area contributed by atoms with E-state index in [9.17, 15) is 0 Å². The van der Waals surface area contributed by atoms with E-state index in [2.05, 4.69) is 31.9 Å². The summed E-state index contributed by atoms with van der Waals surface area (Å²) in [5.74, 6) is 0.456. The Hall–Kier alpha value is -1.02. The number of fused-ring (bicyclic) bond motifs is 1. The van der Waals surface area contributed by atoms with Crippen LogP contribution in [0.5, 0.6) is 0 Å². The Bertz CT molecular complexity index is 512. The highest BCUT2D eigenvalue weighted by Gasteiger charge is 2.14. The maximum Gasteiger partial charge on any atom is 0.111 e. The van der Waals surface area contributed by atoms with Gasteiger partial charge in [-0.1, -0.05) is 39.3 Å². The highest BCUT2D eigenvalue weighted by Crippen LogP contribution is 2.30. The molecule has 2 nitrogen and oxygen atoms in total. The molecular formula is C14H21ClN2. The van der Waals surface area contributed by atoms with E-state index < -0.39 is 0 Å². The average Bonchev–Trinajstić information content (AvgIpc) is 2.58. The molecule has 0 N–H and O–H groups in total. The van der Waals surface area contributed by atoms with Crippen LogP contribution in [0.25, 0.3) is 10.9 Å². The quantitative estimate of drug-likeness (QED) is 0.720. The molecule has 0 aliphatic carbocycles. The molecule has 0 saturated carbocycles. The molecule has 2 aromatic rings. The second-order valence-electron chi connectivity index (χ2n) is 4.31. The van der Waals surface area contributed by atoms with Crippen LogP contribution in [0.2, 0.25) is 5.02 Å². The summed E-state index contributed by atoms with van der Waals surface area (Å²) >= 11 is 6.18. The molecule has 1 aromatic carbocycles. The number of halogens is 1. The summed E-state index contributed by atoms with van der Waals surface area (Å²) in [4.78, 5) is 0. The van der Waals surface area contributed by atoms with Crippen molar-refractivity contribution in [3.05, 3.63) is 28.4 Å². The first-order valence-corrected chi connectivity index (χ1v) is 6.51. The lowest BCUT2D eigenvalue weighted by Crippen LogP contribution is -1.99. The number of aryl methyl sites for hydroxylation is 2. The average molecular weight is 253 g/mol. The molecular weight excluding hydrogens is 232 g/mol. The molecule has 2 rings (SSSR count). The summed E-state index contributed by atoms with van der Waals surface area (Å²) in [6.07, 6.45) is 0. The SMILES string of the molecule is CC.Cc1cc(Cl)c2nn(C)c(C(C)C)c2c1. The second kappa shape index (κ2) is 5.54. The first kappa shape index (κ1) is 14.0. The predicted octanol–water partition coefficient (Wildman–Crippen LogP) is 4.68. The fourth-order valence-corrected chi connectivity index (χ4v) is 2.41. The van der Waals surface area contributed by atoms with Gasteiger partial charge >= 0.3 is 0 Å². The van der Waals surface area contributed by atoms with Crippen molar-refractivity contribution in [3.63, 3.8) is 0 Å². The minimum absolute atomic E-state index is 0.456. The minimum atomic E-state index is 0.456. The van der Waals surface area contributed by atoms with Gasteiger partial charge in [0.1, 0.15) is 5.52 Å². The van der Waals surface area contributed by atoms with Crippen LogP contribution in [-0.2, 0) is 7.05 Å². The highest BCUT2D eigenvalue weighted by molar-refractivity contribution is 6.35. The number of benzene rings is 1. The summed E-state index contributed by atoms with van der Waals surface area (Å²) in [5.41, 5.74) is 3.34. The van der Waals surface area contributed by atoms with Gasteiger partial charge in [0.25, 0.3) is 0 Å². The summed E-state index contributed by atoms with van der Waals surface area (Å²) in [5, 5.41) is 6.38. The van der Waals surface area contributed by atoms with Crippen LogP contribution in [0.15, 0.2) is 12.1 Å². The van der Waals surface area contributed by atoms with Gasteiger partial charge in [-0.3, -0.25) is 4.68 Å². The Labute approximate surface area is 109 Å². The van der Waals surface area contributed by atoms with Gasteiger partial charge in [-0.05, 0) is 30.5 Å². The Morgan fingerprint density at radius 1 is 1.24 bits per heavy atom. The van der Waals surface area contributed by atoms with Crippen molar-refractivity contribution in [1.29, 1.82) is 0 Å². The van der Waals surface area contributed by atoms with Crippen molar-refractivity contribution in [2.75, 3.05) is 0 Å². The van der Waals surface area contributed by atoms with Crippen molar-refractivity contribution in [2.24, 2.45) is 7.05 Å². The molecule has 0 fully saturated rings. The minimum Gasteiger partial charge on any atom is -0.271 e. The summed E-state index contributed by atoms with van der Waals surface area (Å²) in [7, 11) is 1.97. The maximum absolute atomic E-state index is 6.18. The van der Waals surface area contributed by atoms with Crippen LogP contribution >= 0.6 is 11.6 Å². The second-order valence-corrected chi connectivity index (χ2v) is 4.71. The molecule has 0 saturated heterocycles. The summed E-state index contributed by atoms with van der Waals surface area (Å²) < 4.78 is 1.93. The van der Waals surface area contributed by atoms with Crippen molar-refractivity contribution in [2.45, 2.75) is 40.5 Å². The lowest BCUT2D eigenvalue weighted by Gasteiger charge is -2.06. The third-order valence-corrected chi connectivity index (χ3v) is 2.92. The largest absolute Gasteiger partial charge is 0.271 e. The zero-order valence-corrected chi connectivity index (χ0v) is 12.3. The van der Waals surface area contributed by atoms with Crippen molar-refractivity contribution in [1.82, 2.24) is 9.78 Å². The molecule has 0 atom stereocenters. The fraction of sp³-hybridized carbons (Fsp3) is 0.500. The first-order chi connectivity index (χ1) is 8.00. The van der Waals surface area contributed by atoms with Gasteiger partial charge in [0.05, 0.1) is 5.02 Å². The number of hydrogen-bond donors (Lipinski definition) is 0. The lowest BCUT2D eigenvalue weighted by molar-refractivity contribution is 0.677. The van der Waals surface area contributed by atoms with Crippen molar-refractivity contribution < 1.29 is 0 Å². The molecule has 0 spiro atoms. The fourth-order valence-electron chi connectivity index (χ4n) is 2.09. The van der Waals surface area contributed by atoms with Crippen LogP contribution in [0.3, 0.4) is 0 Å². The molecule has 0 amide bonds. The molecule has 3 heteroatoms. The Kier molecular flexibility index (Phi) is 4.58. The molecule has 0 aliphatic heterocycles. The number of hydrogen-bond acceptors (Lipinski definition) is 1. The molecule has 1 aromatic heterocycles. The van der Waals surface area contributed by atoms with E-state index in [0.29, 0.717) is 5.92 Å². The number of rotatable bonds is 1. The lowest BCUT2D eigenvalue weighted by atomic mass is 10.0. The van der Waals surface area contributed by atoms with E-state index in [1.54, 1.807) is 0 Å². The van der Waals surface area contributed by atoms with Gasteiger partial charge in [0.15, 0.2) is 0 Å². The Balaban J connectivity index is 0.000000686. The molecule has 0 bridgehead atoms. The van der Waals surface area contributed by atoms with Crippen LogP contribution in [-0.4, -0.2) is 9.78 Å². The third kappa shape index (κ3) is 2.63. The van der Waals surface area contributed by atoms with E-state index in [0.717, 1.165) is 10.5 Å². The molecule has 1 heterocycles. The molecule has 94 valence electrons. The van der Waals surface area contributed by atoms with Crippen LogP contribution in [0.1, 0.15) is 44.9 Å². The maximum atomic E-state index is 6.18. The molecule has 0 unspecified atom stereocenters. The zero-order valence-electron chi connectivity index (χ0n) is 11.5. The van der Waals surface area contributed by atoms with Crippen molar-refractivity contribution >= 4 is 22.5 Å². The van der Waals surface area contributed by atoms with Crippen molar-refractivity contribution in [3.8, 4) is 0 Å². The molecule has 17 heavy (non-hydrogen) atoms. The number of aromatic nitrogens is 2. The third-order valence-electron chi connectivity index (χ3n) is 2.63. The predicted molar refractivity (Wildman–Crippen MR) is 75.9 cm³/mol. The van der Waals surface area contributed by atoms with Crippen LogP contribution in [0.4, 0.5) is 0 Å². The first-order valence-electron chi connectivity index (χ1n) is 6.13. The zero-order chi connectivity index (χ0) is 13.2. The van der Waals surface area contributed by atoms with Crippen LogP contribution in [0, 0.1) is 6.92 Å². The normalized spacial score (nSPS) is 10.6. The summed E-state index contributed by atoms with van der Waals surface area (Å²) in [6, 6.07) is 4.12.